The molecular formula is C18H27N5. The highest BCUT2D eigenvalue weighted by atomic mass is 15.4. The summed E-state index contributed by atoms with van der Waals surface area (Å²) in [5.74, 6) is 0. The van der Waals surface area contributed by atoms with Gasteiger partial charge in [0, 0.05) is 18.2 Å². The number of benzene rings is 1. The highest BCUT2D eigenvalue weighted by Gasteiger charge is 2.13. The Morgan fingerprint density at radius 2 is 1.96 bits per heavy atom. The molecule has 3 rings (SSSR count). The molecule has 1 saturated heterocycles. The first-order chi connectivity index (χ1) is 11.1. The maximum absolute atomic E-state index is 4.36. The van der Waals surface area contributed by atoms with Crippen molar-refractivity contribution in [1.82, 2.24) is 24.8 Å². The van der Waals surface area contributed by atoms with Crippen molar-refractivity contribution in [2.75, 3.05) is 33.7 Å². The summed E-state index contributed by atoms with van der Waals surface area (Å²) in [6.07, 6.45) is 4.73. The van der Waals surface area contributed by atoms with Gasteiger partial charge in [0.25, 0.3) is 0 Å². The minimum absolute atomic E-state index is 0.389. The monoisotopic (exact) mass is 313 g/mol. The summed E-state index contributed by atoms with van der Waals surface area (Å²) in [4.78, 5) is 4.72. The van der Waals surface area contributed by atoms with Crippen molar-refractivity contribution < 1.29 is 0 Å². The first-order valence-electron chi connectivity index (χ1n) is 8.53. The van der Waals surface area contributed by atoms with Crippen LogP contribution in [0.5, 0.6) is 0 Å². The molecule has 1 fully saturated rings. The molecule has 1 atom stereocenters. The van der Waals surface area contributed by atoms with E-state index in [0.717, 1.165) is 24.3 Å². The molecule has 2 heterocycles. The van der Waals surface area contributed by atoms with E-state index in [-0.39, 0.29) is 0 Å². The fourth-order valence-electron chi connectivity index (χ4n) is 3.05. The van der Waals surface area contributed by atoms with Crippen LogP contribution >= 0.6 is 0 Å². The van der Waals surface area contributed by atoms with Gasteiger partial charge in [0.2, 0.25) is 0 Å². The lowest BCUT2D eigenvalue weighted by Crippen LogP contribution is -2.24. The predicted molar refractivity (Wildman–Crippen MR) is 93.2 cm³/mol. The number of nitrogens with zero attached hydrogens (tertiary/aromatic N) is 5. The van der Waals surface area contributed by atoms with Gasteiger partial charge in [0.15, 0.2) is 0 Å². The van der Waals surface area contributed by atoms with Crippen molar-refractivity contribution in [3.63, 3.8) is 0 Å². The molecule has 0 radical (unpaired) electrons. The van der Waals surface area contributed by atoms with E-state index in [0.29, 0.717) is 6.04 Å². The van der Waals surface area contributed by atoms with Gasteiger partial charge in [-0.25, -0.2) is 0 Å². The van der Waals surface area contributed by atoms with Gasteiger partial charge in [0.1, 0.15) is 5.69 Å². The maximum Gasteiger partial charge on any atom is 0.113 e. The summed E-state index contributed by atoms with van der Waals surface area (Å²) in [6, 6.07) is 9.00. The number of likely N-dealkylation sites (tertiary alicyclic amines) is 1. The van der Waals surface area contributed by atoms with Gasteiger partial charge in [0.05, 0.1) is 12.7 Å². The average Bonchev–Trinajstić information content (AvgIpc) is 3.23. The topological polar surface area (TPSA) is 37.2 Å². The third-order valence-electron chi connectivity index (χ3n) is 4.82. The molecule has 5 heteroatoms. The third-order valence-corrected chi connectivity index (χ3v) is 4.82. The summed E-state index contributed by atoms with van der Waals surface area (Å²) in [5.41, 5.74) is 3.40. The third kappa shape index (κ3) is 3.98. The van der Waals surface area contributed by atoms with Crippen LogP contribution < -0.4 is 0 Å². The molecule has 0 N–H and O–H groups in total. The van der Waals surface area contributed by atoms with Crippen molar-refractivity contribution in [2.24, 2.45) is 0 Å². The second-order valence-electron chi connectivity index (χ2n) is 6.68. The summed E-state index contributed by atoms with van der Waals surface area (Å²) in [7, 11) is 4.21. The fraction of sp³-hybridized carbons (Fsp3) is 0.556. The first kappa shape index (κ1) is 16.1. The van der Waals surface area contributed by atoms with E-state index in [4.69, 9.17) is 0 Å². The molecule has 1 aromatic heterocycles. The normalized spacial score (nSPS) is 17.0. The van der Waals surface area contributed by atoms with Gasteiger partial charge in [-0.3, -0.25) is 4.68 Å². The zero-order valence-corrected chi connectivity index (χ0v) is 14.4. The second-order valence-corrected chi connectivity index (χ2v) is 6.68. The van der Waals surface area contributed by atoms with Gasteiger partial charge in [-0.1, -0.05) is 23.4 Å². The Labute approximate surface area is 138 Å². The van der Waals surface area contributed by atoms with Gasteiger partial charge >= 0.3 is 0 Å². The SMILES string of the molecule is C[C@H](c1cccc(-c2cn(CCN3CCCC3)nn2)c1)N(C)C. The van der Waals surface area contributed by atoms with Crippen LogP contribution in [0.4, 0.5) is 0 Å². The van der Waals surface area contributed by atoms with Gasteiger partial charge < -0.3 is 9.80 Å². The van der Waals surface area contributed by atoms with Crippen LogP contribution in [0, 0.1) is 0 Å². The average molecular weight is 313 g/mol. The Hall–Kier alpha value is -1.72. The molecule has 0 spiro atoms. The lowest BCUT2D eigenvalue weighted by atomic mass is 10.0. The van der Waals surface area contributed by atoms with Crippen molar-refractivity contribution in [3.8, 4) is 11.3 Å². The van der Waals surface area contributed by atoms with E-state index in [1.54, 1.807) is 0 Å². The number of hydrogen-bond donors (Lipinski definition) is 0. The molecular weight excluding hydrogens is 286 g/mol. The van der Waals surface area contributed by atoms with Crippen LogP contribution in [-0.2, 0) is 6.54 Å². The lowest BCUT2D eigenvalue weighted by molar-refractivity contribution is 0.314. The zero-order valence-electron chi connectivity index (χ0n) is 14.4. The van der Waals surface area contributed by atoms with Gasteiger partial charge in [-0.15, -0.1) is 5.10 Å². The first-order valence-corrected chi connectivity index (χ1v) is 8.53. The molecule has 0 saturated carbocycles. The van der Waals surface area contributed by atoms with E-state index in [2.05, 4.69) is 71.6 Å². The molecule has 124 valence electrons. The van der Waals surface area contributed by atoms with Gasteiger partial charge in [-0.05, 0) is 58.6 Å². The quantitative estimate of drug-likeness (QED) is 0.821. The molecule has 1 aliphatic heterocycles. The zero-order chi connectivity index (χ0) is 16.2. The molecule has 0 bridgehead atoms. The Morgan fingerprint density at radius 3 is 2.70 bits per heavy atom. The number of hydrogen-bond acceptors (Lipinski definition) is 4. The Bertz CT molecular complexity index is 628. The molecule has 1 aromatic carbocycles. The van der Waals surface area contributed by atoms with Crippen LogP contribution in [0.25, 0.3) is 11.3 Å². The summed E-state index contributed by atoms with van der Waals surface area (Å²) >= 11 is 0. The summed E-state index contributed by atoms with van der Waals surface area (Å²) in [6.45, 7) is 6.66. The van der Waals surface area contributed by atoms with Crippen molar-refractivity contribution in [2.45, 2.75) is 32.4 Å². The fourth-order valence-corrected chi connectivity index (χ4v) is 3.05. The van der Waals surface area contributed by atoms with Crippen LogP contribution in [0.3, 0.4) is 0 Å². The highest BCUT2D eigenvalue weighted by molar-refractivity contribution is 5.58. The van der Waals surface area contributed by atoms with Crippen LogP contribution in [0.1, 0.15) is 31.4 Å². The van der Waals surface area contributed by atoms with E-state index in [9.17, 15) is 0 Å². The number of aromatic nitrogens is 3. The molecule has 5 nitrogen and oxygen atoms in total. The largest absolute Gasteiger partial charge is 0.303 e. The second kappa shape index (κ2) is 7.23. The van der Waals surface area contributed by atoms with Crippen LogP contribution in [-0.4, -0.2) is 58.5 Å². The minimum atomic E-state index is 0.389. The van der Waals surface area contributed by atoms with Crippen molar-refractivity contribution in [1.29, 1.82) is 0 Å². The smallest absolute Gasteiger partial charge is 0.113 e. The van der Waals surface area contributed by atoms with Gasteiger partial charge in [-0.2, -0.15) is 0 Å². The molecule has 0 aliphatic carbocycles. The lowest BCUT2D eigenvalue weighted by Gasteiger charge is -2.20. The van der Waals surface area contributed by atoms with Crippen molar-refractivity contribution >= 4 is 0 Å². The van der Waals surface area contributed by atoms with E-state index >= 15 is 0 Å². The summed E-state index contributed by atoms with van der Waals surface area (Å²) < 4.78 is 1.97. The number of rotatable bonds is 6. The Kier molecular flexibility index (Phi) is 5.08. The molecule has 0 unspecified atom stereocenters. The van der Waals surface area contributed by atoms with E-state index < -0.39 is 0 Å². The Balaban J connectivity index is 1.68. The van der Waals surface area contributed by atoms with Crippen LogP contribution in [0.2, 0.25) is 0 Å². The molecule has 0 amide bonds. The molecule has 23 heavy (non-hydrogen) atoms. The highest BCUT2D eigenvalue weighted by Crippen LogP contribution is 2.23. The van der Waals surface area contributed by atoms with Crippen molar-refractivity contribution in [3.05, 3.63) is 36.0 Å². The van der Waals surface area contributed by atoms with E-state index in [1.165, 1.54) is 31.5 Å². The van der Waals surface area contributed by atoms with E-state index in [1.807, 2.05) is 4.68 Å². The summed E-state index contributed by atoms with van der Waals surface area (Å²) in [5, 5.41) is 8.65. The molecule has 1 aliphatic rings. The predicted octanol–water partition coefficient (Wildman–Crippen LogP) is 2.66. The van der Waals surface area contributed by atoms with Crippen LogP contribution in [0.15, 0.2) is 30.5 Å². The minimum Gasteiger partial charge on any atom is -0.303 e. The standard InChI is InChI=1S/C18H27N5/c1-15(21(2)3)16-7-6-8-17(13-16)18-14-23(20-19-18)12-11-22-9-4-5-10-22/h6-8,13-15H,4-5,9-12H2,1-3H3/t15-/m1/s1. The molecule has 2 aromatic rings. The Morgan fingerprint density at radius 1 is 1.17 bits per heavy atom. The maximum atomic E-state index is 4.36.